The average Bonchev–Trinajstić information content (AvgIpc) is 3.56. The van der Waals surface area contributed by atoms with Crippen molar-refractivity contribution in [3.63, 3.8) is 0 Å². The molecule has 0 aliphatic heterocycles. The largest absolute Gasteiger partial charge is 0.481 e. The third-order valence-electron chi connectivity index (χ3n) is 16.9. The lowest BCUT2D eigenvalue weighted by molar-refractivity contribution is -0.232. The van der Waals surface area contributed by atoms with Gasteiger partial charge in [-0.25, -0.2) is 4.98 Å². The second kappa shape index (κ2) is 13.4. The first kappa shape index (κ1) is 41.0. The summed E-state index contributed by atoms with van der Waals surface area (Å²) in [5.41, 5.74) is 1.86. The van der Waals surface area contributed by atoms with E-state index < -0.39 is 22.8 Å². The van der Waals surface area contributed by atoms with E-state index in [1.54, 1.807) is 36.9 Å². The number of Topliss-reactive ketones (excluding diaryl/α,β-unsaturated/α-hetero) is 1. The lowest BCUT2D eigenvalue weighted by Crippen LogP contribution is -2.66. The van der Waals surface area contributed by atoms with Gasteiger partial charge >= 0.3 is 11.9 Å². The van der Waals surface area contributed by atoms with Gasteiger partial charge in [0.1, 0.15) is 6.10 Å². The molecule has 5 aliphatic carbocycles. The second-order valence-electron chi connectivity index (χ2n) is 20.6. The summed E-state index contributed by atoms with van der Waals surface area (Å²) in [5, 5.41) is 10.2. The molecule has 0 unspecified atom stereocenters. The van der Waals surface area contributed by atoms with Gasteiger partial charge in [-0.1, -0.05) is 60.1 Å². The Labute approximate surface area is 338 Å². The van der Waals surface area contributed by atoms with Gasteiger partial charge in [0.15, 0.2) is 11.6 Å². The molecule has 306 valence electrons. The number of fused-ring (bicyclic) bond motifs is 7. The number of allylic oxidation sites excluding steroid dienone is 2. The van der Waals surface area contributed by atoms with E-state index in [9.17, 15) is 24.3 Å². The Balaban J connectivity index is 1.27. The number of aliphatic carboxylic acids is 1. The zero-order valence-electron chi connectivity index (χ0n) is 35.6. The first-order valence-corrected chi connectivity index (χ1v) is 21.5. The Morgan fingerprint density at radius 3 is 2.29 bits per heavy atom. The maximum atomic E-state index is 14.5. The predicted octanol–water partition coefficient (Wildman–Crippen LogP) is 9.66. The molecule has 0 spiro atoms. The molecule has 0 bridgehead atoms. The molecular weight excluding hydrogens is 726 g/mol. The third-order valence-corrected chi connectivity index (χ3v) is 17.1. The quantitative estimate of drug-likeness (QED) is 0.265. The standard InChI is InChI=1S/C46H64ClN3O6/c1-12-49-38(27(4)39(53)50(49)34-16-13-28(47)25-48-34)46-22-21-44(10)29(37(46)36(26(2)3)30(51)23-46)14-15-32-43(9)19-18-33(56-35(52)24-41(5,6)40(54)55)42(7,8)31(43)17-20-45(32,44)11/h13,16,25-26,29,31-33H,12,14-15,17-24H2,1-11H3,(H,54,55)/t29-,31+,32-,33+,43+,44-,45-,46-/m1/s1. The Hall–Kier alpha value is -3.20. The van der Waals surface area contributed by atoms with Crippen LogP contribution >= 0.6 is 11.6 Å². The highest BCUT2D eigenvalue weighted by molar-refractivity contribution is 6.30. The molecule has 5 aliphatic rings. The topological polar surface area (TPSA) is 120 Å². The van der Waals surface area contributed by atoms with Gasteiger partial charge in [0.2, 0.25) is 0 Å². The van der Waals surface area contributed by atoms with Gasteiger partial charge in [0.05, 0.1) is 22.6 Å². The third kappa shape index (κ3) is 5.61. The number of carbonyl (C=O) groups is 3. The van der Waals surface area contributed by atoms with Gasteiger partial charge in [0, 0.05) is 35.6 Å². The van der Waals surface area contributed by atoms with E-state index in [0.29, 0.717) is 41.2 Å². The minimum Gasteiger partial charge on any atom is -0.481 e. The fourth-order valence-corrected chi connectivity index (χ4v) is 14.1. The van der Waals surface area contributed by atoms with Crippen molar-refractivity contribution in [3.8, 4) is 5.82 Å². The summed E-state index contributed by atoms with van der Waals surface area (Å²) < 4.78 is 9.99. The van der Waals surface area contributed by atoms with E-state index in [-0.39, 0.29) is 57.4 Å². The highest BCUT2D eigenvalue weighted by Crippen LogP contribution is 2.77. The van der Waals surface area contributed by atoms with Crippen molar-refractivity contribution in [3.05, 3.63) is 56.1 Å². The van der Waals surface area contributed by atoms with Gasteiger partial charge in [0.25, 0.3) is 5.56 Å². The minimum absolute atomic E-state index is 0.0117. The van der Waals surface area contributed by atoms with Crippen LogP contribution in [0.25, 0.3) is 5.82 Å². The number of halogens is 1. The van der Waals surface area contributed by atoms with E-state index in [2.05, 4.69) is 65.1 Å². The molecule has 1 N–H and O–H groups in total. The van der Waals surface area contributed by atoms with E-state index in [4.69, 9.17) is 16.3 Å². The molecule has 0 radical (unpaired) electrons. The number of pyridine rings is 1. The van der Waals surface area contributed by atoms with Crippen molar-refractivity contribution in [1.82, 2.24) is 14.3 Å². The van der Waals surface area contributed by atoms with Crippen molar-refractivity contribution in [1.29, 1.82) is 0 Å². The lowest BCUT2D eigenvalue weighted by Gasteiger charge is -2.72. The molecule has 56 heavy (non-hydrogen) atoms. The van der Waals surface area contributed by atoms with Crippen molar-refractivity contribution < 1.29 is 24.2 Å². The summed E-state index contributed by atoms with van der Waals surface area (Å²) in [5.74, 6) is 0.415. The number of ketones is 1. The molecule has 2 aromatic rings. The fourth-order valence-electron chi connectivity index (χ4n) is 14.0. The van der Waals surface area contributed by atoms with Crippen molar-refractivity contribution in [2.45, 2.75) is 158 Å². The number of esters is 1. The highest BCUT2D eigenvalue weighted by atomic mass is 35.5. The molecule has 2 aromatic heterocycles. The van der Waals surface area contributed by atoms with Crippen LogP contribution < -0.4 is 5.56 Å². The van der Waals surface area contributed by atoms with Crippen LogP contribution in [0.2, 0.25) is 5.02 Å². The number of hydrogen-bond acceptors (Lipinski definition) is 6. The maximum Gasteiger partial charge on any atom is 0.309 e. The summed E-state index contributed by atoms with van der Waals surface area (Å²) in [4.78, 5) is 58.3. The molecule has 9 nitrogen and oxygen atoms in total. The van der Waals surface area contributed by atoms with Gasteiger partial charge < -0.3 is 9.84 Å². The summed E-state index contributed by atoms with van der Waals surface area (Å²) in [6.07, 6.45) is 9.22. The molecule has 10 heteroatoms. The van der Waals surface area contributed by atoms with E-state index in [1.807, 2.05) is 6.92 Å². The minimum atomic E-state index is -1.18. The fraction of sp³-hybridized carbons (Fsp3) is 0.717. The number of hydrogen-bond donors (Lipinski definition) is 1. The molecule has 0 amide bonds. The van der Waals surface area contributed by atoms with Crippen molar-refractivity contribution >= 4 is 29.3 Å². The second-order valence-corrected chi connectivity index (χ2v) is 21.1. The van der Waals surface area contributed by atoms with Crippen molar-refractivity contribution in [2.24, 2.45) is 50.7 Å². The molecule has 2 heterocycles. The van der Waals surface area contributed by atoms with Crippen LogP contribution in [0.15, 0.2) is 34.3 Å². The van der Waals surface area contributed by atoms with Gasteiger partial charge in [-0.15, -0.1) is 0 Å². The number of nitrogens with zero attached hydrogens (tertiary/aromatic N) is 3. The summed E-state index contributed by atoms with van der Waals surface area (Å²) >= 11 is 6.22. The molecule has 4 fully saturated rings. The molecule has 7 rings (SSSR count). The Bertz CT molecular complexity index is 2060. The molecule has 4 saturated carbocycles. The van der Waals surface area contributed by atoms with Crippen LogP contribution in [0.3, 0.4) is 0 Å². The number of ether oxygens (including phenoxy) is 1. The average molecular weight is 790 g/mol. The first-order chi connectivity index (χ1) is 26.0. The Morgan fingerprint density at radius 2 is 1.68 bits per heavy atom. The zero-order valence-corrected chi connectivity index (χ0v) is 36.4. The monoisotopic (exact) mass is 789 g/mol. The predicted molar refractivity (Wildman–Crippen MR) is 218 cm³/mol. The highest BCUT2D eigenvalue weighted by Gasteiger charge is 2.70. The van der Waals surface area contributed by atoms with Crippen LogP contribution in [-0.2, 0) is 31.1 Å². The SMILES string of the molecule is CCn1c([C@@]23CC[C@]4(C)[C@H](CC[C@@H]5[C@@]6(C)CC[C@H](OC(=O)CC(C)(C)C(=O)O)C(C)(C)[C@@H]6CC[C@]54C)C2=C(C(C)C)C(=O)C3)c(C)c(=O)n1-c1ccc(Cl)cn1. The zero-order chi connectivity index (χ0) is 41.1. The van der Waals surface area contributed by atoms with E-state index in [1.165, 1.54) is 5.57 Å². The van der Waals surface area contributed by atoms with Crippen molar-refractivity contribution in [2.75, 3.05) is 0 Å². The summed E-state index contributed by atoms with van der Waals surface area (Å²) in [6, 6.07) is 3.56. The lowest BCUT2D eigenvalue weighted by atomic mass is 9.33. The van der Waals surface area contributed by atoms with Gasteiger partial charge in [-0.2, -0.15) is 4.68 Å². The first-order valence-electron chi connectivity index (χ1n) is 21.2. The van der Waals surface area contributed by atoms with Crippen LogP contribution in [-0.4, -0.2) is 43.3 Å². The summed E-state index contributed by atoms with van der Waals surface area (Å²) in [6.45, 7) is 24.2. The Kier molecular flexibility index (Phi) is 9.82. The Morgan fingerprint density at radius 1 is 0.982 bits per heavy atom. The van der Waals surface area contributed by atoms with Crippen LogP contribution in [0, 0.1) is 57.7 Å². The summed E-state index contributed by atoms with van der Waals surface area (Å²) in [7, 11) is 0. The van der Waals surface area contributed by atoms with E-state index >= 15 is 0 Å². The molecule has 8 atom stereocenters. The van der Waals surface area contributed by atoms with Crippen LogP contribution in [0.1, 0.15) is 145 Å². The number of rotatable bonds is 8. The maximum absolute atomic E-state index is 14.5. The van der Waals surface area contributed by atoms with Gasteiger partial charge in [-0.05, 0) is 142 Å². The molecule has 0 saturated heterocycles. The number of carboxylic acids is 1. The number of aromatic nitrogens is 3. The number of carbonyl (C=O) groups excluding carboxylic acids is 2. The van der Waals surface area contributed by atoms with E-state index in [0.717, 1.165) is 62.6 Å². The molecular formula is C46H64ClN3O6. The van der Waals surface area contributed by atoms with Crippen LogP contribution in [0.4, 0.5) is 0 Å². The smallest absolute Gasteiger partial charge is 0.309 e. The number of carboxylic acid groups (broad SMARTS) is 1. The molecule has 0 aromatic carbocycles. The normalized spacial score (nSPS) is 35.1. The van der Waals surface area contributed by atoms with Gasteiger partial charge in [-0.3, -0.25) is 23.9 Å². The van der Waals surface area contributed by atoms with Crippen LogP contribution in [0.5, 0.6) is 0 Å².